The summed E-state index contributed by atoms with van der Waals surface area (Å²) in [5, 5.41) is 3.29. The Kier molecular flexibility index (Phi) is 4.60. The van der Waals surface area contributed by atoms with E-state index < -0.39 is 5.97 Å². The van der Waals surface area contributed by atoms with E-state index in [2.05, 4.69) is 5.32 Å². The van der Waals surface area contributed by atoms with Gasteiger partial charge in [-0.3, -0.25) is 4.79 Å². The number of rotatable bonds is 3. The van der Waals surface area contributed by atoms with Crippen LogP contribution in [-0.4, -0.2) is 19.0 Å². The van der Waals surface area contributed by atoms with Gasteiger partial charge in [0.25, 0.3) is 5.91 Å². The van der Waals surface area contributed by atoms with Gasteiger partial charge >= 0.3 is 5.97 Å². The van der Waals surface area contributed by atoms with Crippen molar-refractivity contribution in [3.63, 3.8) is 0 Å². The summed E-state index contributed by atoms with van der Waals surface area (Å²) >= 11 is 5.87. The highest BCUT2D eigenvalue weighted by molar-refractivity contribution is 6.30. The third-order valence-corrected chi connectivity index (χ3v) is 3.25. The van der Waals surface area contributed by atoms with Gasteiger partial charge in [0.15, 0.2) is 0 Å². The lowest BCUT2D eigenvalue weighted by Gasteiger charge is -2.11. The summed E-state index contributed by atoms with van der Waals surface area (Å²) in [4.78, 5) is 24.0. The second-order valence-electron chi connectivity index (χ2n) is 4.45. The highest BCUT2D eigenvalue weighted by Gasteiger charge is 2.15. The maximum absolute atomic E-state index is 12.3. The molecule has 0 aromatic heterocycles. The predicted molar refractivity (Wildman–Crippen MR) is 81.9 cm³/mol. The number of methoxy groups -OCH3 is 1. The molecule has 0 bridgehead atoms. The Morgan fingerprint density at radius 1 is 1.10 bits per heavy atom. The smallest absolute Gasteiger partial charge is 0.339 e. The first-order chi connectivity index (χ1) is 10.0. The topological polar surface area (TPSA) is 55.4 Å². The zero-order valence-corrected chi connectivity index (χ0v) is 12.4. The van der Waals surface area contributed by atoms with Gasteiger partial charge in [0.2, 0.25) is 0 Å². The van der Waals surface area contributed by atoms with Crippen molar-refractivity contribution in [1.29, 1.82) is 0 Å². The summed E-state index contributed by atoms with van der Waals surface area (Å²) in [6, 6.07) is 11.7. The molecule has 2 rings (SSSR count). The largest absolute Gasteiger partial charge is 0.465 e. The fourth-order valence-corrected chi connectivity index (χ4v) is 2.18. The minimum Gasteiger partial charge on any atom is -0.465 e. The van der Waals surface area contributed by atoms with Crippen molar-refractivity contribution in [1.82, 2.24) is 0 Å². The van der Waals surface area contributed by atoms with Crippen LogP contribution in [-0.2, 0) is 4.74 Å². The van der Waals surface area contributed by atoms with E-state index in [0.717, 1.165) is 5.56 Å². The van der Waals surface area contributed by atoms with E-state index in [1.807, 2.05) is 0 Å². The molecule has 1 amide bonds. The molecule has 2 aromatic rings. The number of amides is 1. The van der Waals surface area contributed by atoms with E-state index in [1.54, 1.807) is 49.4 Å². The van der Waals surface area contributed by atoms with E-state index in [4.69, 9.17) is 16.3 Å². The van der Waals surface area contributed by atoms with Crippen molar-refractivity contribution in [2.45, 2.75) is 6.92 Å². The number of aryl methyl sites for hydroxylation is 1. The van der Waals surface area contributed by atoms with Gasteiger partial charge in [0.05, 0.1) is 18.4 Å². The van der Waals surface area contributed by atoms with Gasteiger partial charge in [-0.1, -0.05) is 23.7 Å². The number of halogens is 1. The molecular weight excluding hydrogens is 290 g/mol. The molecule has 0 unspecified atom stereocenters. The standard InChI is InChI=1S/C16H14ClNO3/c1-10-9-11(17)7-8-12(10)15(19)18-14-6-4-3-5-13(14)16(20)21-2/h3-9H,1-2H3,(H,18,19). The molecular formula is C16H14ClNO3. The Hall–Kier alpha value is -2.33. The number of ether oxygens (including phenoxy) is 1. The maximum atomic E-state index is 12.3. The van der Waals surface area contributed by atoms with E-state index in [0.29, 0.717) is 21.8 Å². The number of anilines is 1. The van der Waals surface area contributed by atoms with Gasteiger partial charge in [-0.05, 0) is 42.8 Å². The van der Waals surface area contributed by atoms with Crippen LogP contribution in [0, 0.1) is 6.92 Å². The van der Waals surface area contributed by atoms with Crippen LogP contribution >= 0.6 is 11.6 Å². The third kappa shape index (κ3) is 3.41. The number of carbonyl (C=O) groups excluding carboxylic acids is 2. The molecule has 0 atom stereocenters. The lowest BCUT2D eigenvalue weighted by Crippen LogP contribution is -2.16. The lowest BCUT2D eigenvalue weighted by molar-refractivity contribution is 0.0602. The molecule has 0 radical (unpaired) electrons. The molecule has 0 fully saturated rings. The van der Waals surface area contributed by atoms with Gasteiger partial charge in [-0.25, -0.2) is 4.79 Å². The quantitative estimate of drug-likeness (QED) is 0.880. The van der Waals surface area contributed by atoms with Crippen molar-refractivity contribution >= 4 is 29.2 Å². The lowest BCUT2D eigenvalue weighted by atomic mass is 10.1. The number of hydrogen-bond acceptors (Lipinski definition) is 3. The SMILES string of the molecule is COC(=O)c1ccccc1NC(=O)c1ccc(Cl)cc1C. The summed E-state index contributed by atoms with van der Waals surface area (Å²) < 4.78 is 4.70. The zero-order chi connectivity index (χ0) is 15.4. The fraction of sp³-hybridized carbons (Fsp3) is 0.125. The Bertz CT molecular complexity index is 698. The van der Waals surface area contributed by atoms with Crippen LogP contribution in [0.25, 0.3) is 0 Å². The summed E-state index contributed by atoms with van der Waals surface area (Å²) in [5.41, 5.74) is 1.97. The highest BCUT2D eigenvalue weighted by atomic mass is 35.5. The van der Waals surface area contributed by atoms with E-state index in [-0.39, 0.29) is 5.91 Å². The molecule has 0 aliphatic heterocycles. The summed E-state index contributed by atoms with van der Waals surface area (Å²) in [7, 11) is 1.30. The molecule has 5 heteroatoms. The minimum absolute atomic E-state index is 0.305. The first-order valence-electron chi connectivity index (χ1n) is 6.27. The van der Waals surface area contributed by atoms with Gasteiger partial charge in [-0.2, -0.15) is 0 Å². The number of benzene rings is 2. The first-order valence-corrected chi connectivity index (χ1v) is 6.65. The van der Waals surface area contributed by atoms with Crippen LogP contribution in [0.3, 0.4) is 0 Å². The molecule has 4 nitrogen and oxygen atoms in total. The monoisotopic (exact) mass is 303 g/mol. The van der Waals surface area contributed by atoms with E-state index >= 15 is 0 Å². The molecule has 2 aromatic carbocycles. The molecule has 0 spiro atoms. The Morgan fingerprint density at radius 3 is 2.48 bits per heavy atom. The molecule has 0 heterocycles. The van der Waals surface area contributed by atoms with Crippen LogP contribution in [0.2, 0.25) is 5.02 Å². The van der Waals surface area contributed by atoms with Crippen LogP contribution in [0.5, 0.6) is 0 Å². The van der Waals surface area contributed by atoms with Crippen LogP contribution in [0.1, 0.15) is 26.3 Å². The highest BCUT2D eigenvalue weighted by Crippen LogP contribution is 2.20. The number of hydrogen-bond donors (Lipinski definition) is 1. The number of nitrogens with one attached hydrogen (secondary N) is 1. The Morgan fingerprint density at radius 2 is 1.81 bits per heavy atom. The van der Waals surface area contributed by atoms with Gasteiger partial charge in [-0.15, -0.1) is 0 Å². The molecule has 0 aliphatic rings. The van der Waals surface area contributed by atoms with Crippen LogP contribution in [0.15, 0.2) is 42.5 Å². The Labute approximate surface area is 127 Å². The maximum Gasteiger partial charge on any atom is 0.339 e. The zero-order valence-electron chi connectivity index (χ0n) is 11.6. The Balaban J connectivity index is 2.30. The van der Waals surface area contributed by atoms with Crippen LogP contribution in [0.4, 0.5) is 5.69 Å². The first kappa shape index (κ1) is 15.1. The number of esters is 1. The molecule has 0 saturated carbocycles. The van der Waals surface area contributed by atoms with Crippen molar-refractivity contribution in [2.24, 2.45) is 0 Å². The van der Waals surface area contributed by atoms with Gasteiger partial charge in [0.1, 0.15) is 0 Å². The predicted octanol–water partition coefficient (Wildman–Crippen LogP) is 3.69. The number of para-hydroxylation sites is 1. The number of carbonyl (C=O) groups is 2. The van der Waals surface area contributed by atoms with E-state index in [1.165, 1.54) is 7.11 Å². The fourth-order valence-electron chi connectivity index (χ4n) is 1.95. The normalized spacial score (nSPS) is 10.0. The summed E-state index contributed by atoms with van der Waals surface area (Å²) in [6.07, 6.45) is 0. The van der Waals surface area contributed by atoms with Crippen LogP contribution < -0.4 is 5.32 Å². The molecule has 0 saturated heterocycles. The molecule has 21 heavy (non-hydrogen) atoms. The van der Waals surface area contributed by atoms with Crippen molar-refractivity contribution in [2.75, 3.05) is 12.4 Å². The summed E-state index contributed by atoms with van der Waals surface area (Å²) in [6.45, 7) is 1.80. The minimum atomic E-state index is -0.501. The van der Waals surface area contributed by atoms with Crippen molar-refractivity contribution in [3.8, 4) is 0 Å². The molecule has 108 valence electrons. The second kappa shape index (κ2) is 6.41. The van der Waals surface area contributed by atoms with Crippen molar-refractivity contribution in [3.05, 3.63) is 64.2 Å². The molecule has 1 N–H and O–H groups in total. The average Bonchev–Trinajstić information content (AvgIpc) is 2.46. The van der Waals surface area contributed by atoms with Crippen molar-refractivity contribution < 1.29 is 14.3 Å². The van der Waals surface area contributed by atoms with E-state index in [9.17, 15) is 9.59 Å². The van der Waals surface area contributed by atoms with Gasteiger partial charge in [0, 0.05) is 10.6 Å². The molecule has 0 aliphatic carbocycles. The van der Waals surface area contributed by atoms with Gasteiger partial charge < -0.3 is 10.1 Å². The third-order valence-electron chi connectivity index (χ3n) is 3.01. The average molecular weight is 304 g/mol. The summed E-state index contributed by atoms with van der Waals surface area (Å²) in [5.74, 6) is -0.806. The second-order valence-corrected chi connectivity index (χ2v) is 4.89.